The van der Waals surface area contributed by atoms with Crippen LogP contribution < -0.4 is 10.1 Å². The van der Waals surface area contributed by atoms with Crippen molar-refractivity contribution in [3.63, 3.8) is 0 Å². The molecule has 2 aromatic carbocycles. The Hall–Kier alpha value is -2.08. The van der Waals surface area contributed by atoms with Crippen molar-refractivity contribution in [1.29, 1.82) is 0 Å². The van der Waals surface area contributed by atoms with Gasteiger partial charge >= 0.3 is 0 Å². The topological polar surface area (TPSA) is 50.8 Å². The van der Waals surface area contributed by atoms with Crippen molar-refractivity contribution in [2.24, 2.45) is 0 Å². The summed E-state index contributed by atoms with van der Waals surface area (Å²) in [6.45, 7) is 6.15. The fourth-order valence-corrected chi connectivity index (χ4v) is 3.32. The number of amides is 1. The standard InChI is InChI=1S/C21H25ClN2O3/c1-2-27-19-9-5-17(6-10-19)21(25)23-15-20(24-11-13-26-14-12-24)16-3-7-18(22)8-4-16/h3-10,20H,2,11-15H2,1H3,(H,23,25). The number of hydrogen-bond donors (Lipinski definition) is 1. The van der Waals surface area contributed by atoms with Crippen LogP contribution in [0.2, 0.25) is 5.02 Å². The van der Waals surface area contributed by atoms with Gasteiger partial charge in [0.1, 0.15) is 5.75 Å². The molecule has 1 heterocycles. The van der Waals surface area contributed by atoms with Crippen LogP contribution in [0.4, 0.5) is 0 Å². The minimum absolute atomic E-state index is 0.0813. The fourth-order valence-electron chi connectivity index (χ4n) is 3.19. The first-order valence-corrected chi connectivity index (χ1v) is 9.63. The second-order valence-corrected chi connectivity index (χ2v) is 6.82. The van der Waals surface area contributed by atoms with E-state index < -0.39 is 0 Å². The highest BCUT2D eigenvalue weighted by atomic mass is 35.5. The van der Waals surface area contributed by atoms with E-state index in [-0.39, 0.29) is 11.9 Å². The van der Waals surface area contributed by atoms with Gasteiger partial charge in [-0.15, -0.1) is 0 Å². The second kappa shape index (κ2) is 9.74. The van der Waals surface area contributed by atoms with Gasteiger partial charge in [-0.25, -0.2) is 0 Å². The lowest BCUT2D eigenvalue weighted by Gasteiger charge is -2.35. The van der Waals surface area contributed by atoms with Crippen LogP contribution in [0.15, 0.2) is 48.5 Å². The van der Waals surface area contributed by atoms with Crippen molar-refractivity contribution in [2.75, 3.05) is 39.5 Å². The summed E-state index contributed by atoms with van der Waals surface area (Å²) in [4.78, 5) is 14.9. The lowest BCUT2D eigenvalue weighted by Crippen LogP contribution is -2.43. The third kappa shape index (κ3) is 5.45. The van der Waals surface area contributed by atoms with Crippen molar-refractivity contribution in [3.8, 4) is 5.75 Å². The van der Waals surface area contributed by atoms with Crippen LogP contribution in [0.25, 0.3) is 0 Å². The Morgan fingerprint density at radius 3 is 2.44 bits per heavy atom. The van der Waals surface area contributed by atoms with Crippen molar-refractivity contribution in [1.82, 2.24) is 10.2 Å². The molecular formula is C21H25ClN2O3. The molecule has 1 saturated heterocycles. The summed E-state index contributed by atoms with van der Waals surface area (Å²) in [5, 5.41) is 3.77. The highest BCUT2D eigenvalue weighted by Gasteiger charge is 2.23. The Morgan fingerprint density at radius 1 is 1.15 bits per heavy atom. The zero-order valence-corrected chi connectivity index (χ0v) is 16.2. The van der Waals surface area contributed by atoms with E-state index in [0.29, 0.717) is 37.0 Å². The summed E-state index contributed by atoms with van der Waals surface area (Å²) in [6.07, 6.45) is 0. The summed E-state index contributed by atoms with van der Waals surface area (Å²) >= 11 is 6.03. The predicted molar refractivity (Wildman–Crippen MR) is 107 cm³/mol. The Bertz CT molecular complexity index is 728. The van der Waals surface area contributed by atoms with Gasteiger partial charge in [0.25, 0.3) is 5.91 Å². The number of morpholine rings is 1. The van der Waals surface area contributed by atoms with Crippen LogP contribution in [0.3, 0.4) is 0 Å². The second-order valence-electron chi connectivity index (χ2n) is 6.38. The lowest BCUT2D eigenvalue weighted by molar-refractivity contribution is 0.0162. The van der Waals surface area contributed by atoms with Gasteiger partial charge in [-0.3, -0.25) is 9.69 Å². The molecule has 6 heteroatoms. The first-order chi connectivity index (χ1) is 13.2. The van der Waals surface area contributed by atoms with Crippen LogP contribution in [-0.2, 0) is 4.74 Å². The third-order valence-electron chi connectivity index (χ3n) is 4.62. The van der Waals surface area contributed by atoms with Crippen LogP contribution in [0.5, 0.6) is 5.75 Å². The molecule has 0 spiro atoms. The van der Waals surface area contributed by atoms with E-state index in [1.807, 2.05) is 43.3 Å². The molecule has 1 amide bonds. The van der Waals surface area contributed by atoms with E-state index in [1.54, 1.807) is 12.1 Å². The molecule has 27 heavy (non-hydrogen) atoms. The number of nitrogens with zero attached hydrogens (tertiary/aromatic N) is 1. The van der Waals surface area contributed by atoms with Crippen LogP contribution in [-0.4, -0.2) is 50.3 Å². The van der Waals surface area contributed by atoms with Gasteiger partial charge in [-0.1, -0.05) is 23.7 Å². The zero-order valence-electron chi connectivity index (χ0n) is 15.5. The maximum atomic E-state index is 12.6. The number of carbonyl (C=O) groups excluding carboxylic acids is 1. The first kappa shape index (κ1) is 19.7. The van der Waals surface area contributed by atoms with E-state index in [1.165, 1.54) is 0 Å². The molecule has 1 fully saturated rings. The maximum absolute atomic E-state index is 12.6. The summed E-state index contributed by atoms with van der Waals surface area (Å²) in [5.41, 5.74) is 1.75. The maximum Gasteiger partial charge on any atom is 0.251 e. The van der Waals surface area contributed by atoms with Gasteiger partial charge in [0, 0.05) is 30.2 Å². The minimum Gasteiger partial charge on any atom is -0.494 e. The number of hydrogen-bond acceptors (Lipinski definition) is 4. The molecule has 144 valence electrons. The Morgan fingerprint density at radius 2 is 1.81 bits per heavy atom. The zero-order chi connectivity index (χ0) is 19.1. The Kier molecular flexibility index (Phi) is 7.10. The van der Waals surface area contributed by atoms with Crippen molar-refractivity contribution >= 4 is 17.5 Å². The van der Waals surface area contributed by atoms with Crippen molar-refractivity contribution in [3.05, 3.63) is 64.7 Å². The molecule has 0 aromatic heterocycles. The fraction of sp³-hybridized carbons (Fsp3) is 0.381. The number of halogens is 1. The van der Waals surface area contributed by atoms with E-state index in [9.17, 15) is 4.79 Å². The molecule has 1 atom stereocenters. The molecule has 5 nitrogen and oxygen atoms in total. The quantitative estimate of drug-likeness (QED) is 0.788. The van der Waals surface area contributed by atoms with Crippen LogP contribution in [0.1, 0.15) is 28.9 Å². The number of rotatable bonds is 7. The van der Waals surface area contributed by atoms with Crippen LogP contribution in [0, 0.1) is 0 Å². The highest BCUT2D eigenvalue weighted by Crippen LogP contribution is 2.23. The number of nitrogens with one attached hydrogen (secondary N) is 1. The van der Waals surface area contributed by atoms with E-state index in [0.717, 1.165) is 24.4 Å². The first-order valence-electron chi connectivity index (χ1n) is 9.25. The predicted octanol–water partition coefficient (Wildman–Crippen LogP) is 3.54. The molecule has 3 rings (SSSR count). The third-order valence-corrected chi connectivity index (χ3v) is 4.88. The molecular weight excluding hydrogens is 364 g/mol. The SMILES string of the molecule is CCOc1ccc(C(=O)NCC(c2ccc(Cl)cc2)N2CCOCC2)cc1. The molecule has 0 radical (unpaired) electrons. The molecule has 0 bridgehead atoms. The summed E-state index contributed by atoms with van der Waals surface area (Å²) in [6, 6.07) is 15.1. The Balaban J connectivity index is 1.67. The largest absolute Gasteiger partial charge is 0.494 e. The molecule has 1 aliphatic heterocycles. The van der Waals surface area contributed by atoms with Gasteiger partial charge in [0.05, 0.1) is 25.9 Å². The van der Waals surface area contributed by atoms with Crippen LogP contribution >= 0.6 is 11.6 Å². The lowest BCUT2D eigenvalue weighted by atomic mass is 10.0. The Labute approximate surface area is 165 Å². The molecule has 2 aromatic rings. The number of benzene rings is 2. The molecule has 0 aliphatic carbocycles. The molecule has 1 unspecified atom stereocenters. The van der Waals surface area contributed by atoms with Gasteiger partial charge in [-0.2, -0.15) is 0 Å². The smallest absolute Gasteiger partial charge is 0.251 e. The monoisotopic (exact) mass is 388 g/mol. The van der Waals surface area contributed by atoms with Gasteiger partial charge in [0.2, 0.25) is 0 Å². The molecule has 1 N–H and O–H groups in total. The van der Waals surface area contributed by atoms with Gasteiger partial charge in [0.15, 0.2) is 0 Å². The minimum atomic E-state index is -0.0923. The average Bonchev–Trinajstić information content (AvgIpc) is 2.71. The summed E-state index contributed by atoms with van der Waals surface area (Å²) in [7, 11) is 0. The summed E-state index contributed by atoms with van der Waals surface area (Å²) in [5.74, 6) is 0.673. The average molecular weight is 389 g/mol. The molecule has 0 saturated carbocycles. The van der Waals surface area contributed by atoms with E-state index in [4.69, 9.17) is 21.1 Å². The number of ether oxygens (including phenoxy) is 2. The molecule has 1 aliphatic rings. The van der Waals surface area contributed by atoms with Gasteiger partial charge in [-0.05, 0) is 48.9 Å². The highest BCUT2D eigenvalue weighted by molar-refractivity contribution is 6.30. The summed E-state index contributed by atoms with van der Waals surface area (Å²) < 4.78 is 10.9. The number of carbonyl (C=O) groups is 1. The van der Waals surface area contributed by atoms with Crippen molar-refractivity contribution in [2.45, 2.75) is 13.0 Å². The van der Waals surface area contributed by atoms with E-state index >= 15 is 0 Å². The van der Waals surface area contributed by atoms with E-state index in [2.05, 4.69) is 10.2 Å². The van der Waals surface area contributed by atoms with Gasteiger partial charge < -0.3 is 14.8 Å². The van der Waals surface area contributed by atoms with Crippen molar-refractivity contribution < 1.29 is 14.3 Å². The normalized spacial score (nSPS) is 15.9.